The molecule has 5 heteroatoms. The molecule has 0 radical (unpaired) electrons. The van der Waals surface area contributed by atoms with E-state index in [1.54, 1.807) is 30.1 Å². The molecule has 2 atom stereocenters. The van der Waals surface area contributed by atoms with Gasteiger partial charge in [-0.15, -0.1) is 11.3 Å². The first-order valence-electron chi connectivity index (χ1n) is 7.02. The van der Waals surface area contributed by atoms with Gasteiger partial charge in [0.05, 0.1) is 6.54 Å². The zero-order valence-corrected chi connectivity index (χ0v) is 13.3. The Morgan fingerprint density at radius 3 is 2.70 bits per heavy atom. The topological polar surface area (TPSA) is 49.4 Å². The standard InChI is InChI=1S/C15H22N2O2S/c1-5-10(2)12-13(18)16-15(3,4)14(19)17(12)9-11-7-6-8-20-11/h6-8,10,12H,5,9H2,1-4H3,(H,16,18). The zero-order chi connectivity index (χ0) is 14.9. The number of rotatable bonds is 4. The van der Waals surface area contributed by atoms with Gasteiger partial charge in [-0.25, -0.2) is 0 Å². The maximum absolute atomic E-state index is 12.7. The van der Waals surface area contributed by atoms with Gasteiger partial charge in [-0.1, -0.05) is 26.3 Å². The SMILES string of the molecule is CCC(C)C1C(=O)NC(C)(C)C(=O)N1Cc1cccs1. The molecule has 1 aromatic heterocycles. The van der Waals surface area contributed by atoms with E-state index in [-0.39, 0.29) is 23.8 Å². The lowest BCUT2D eigenvalue weighted by Gasteiger charge is -2.44. The van der Waals surface area contributed by atoms with Gasteiger partial charge < -0.3 is 10.2 Å². The van der Waals surface area contributed by atoms with Gasteiger partial charge in [0.15, 0.2) is 0 Å². The van der Waals surface area contributed by atoms with Crippen LogP contribution in [0.25, 0.3) is 0 Å². The lowest BCUT2D eigenvalue weighted by atomic mass is 9.89. The Kier molecular flexibility index (Phi) is 4.18. The van der Waals surface area contributed by atoms with Crippen molar-refractivity contribution < 1.29 is 9.59 Å². The number of nitrogens with zero attached hydrogens (tertiary/aromatic N) is 1. The molecular formula is C15H22N2O2S. The molecule has 0 spiro atoms. The number of amides is 2. The molecule has 1 aliphatic rings. The third-order valence-corrected chi connectivity index (χ3v) is 4.79. The van der Waals surface area contributed by atoms with Crippen LogP contribution in [-0.4, -0.2) is 28.3 Å². The molecule has 1 fully saturated rings. The highest BCUT2D eigenvalue weighted by Crippen LogP contribution is 2.27. The van der Waals surface area contributed by atoms with Crippen molar-refractivity contribution in [3.05, 3.63) is 22.4 Å². The van der Waals surface area contributed by atoms with Crippen molar-refractivity contribution >= 4 is 23.2 Å². The lowest BCUT2D eigenvalue weighted by Crippen LogP contribution is -2.69. The van der Waals surface area contributed by atoms with Crippen molar-refractivity contribution in [1.29, 1.82) is 0 Å². The van der Waals surface area contributed by atoms with E-state index in [0.717, 1.165) is 11.3 Å². The van der Waals surface area contributed by atoms with E-state index in [1.807, 2.05) is 31.4 Å². The van der Waals surface area contributed by atoms with Gasteiger partial charge in [-0.3, -0.25) is 9.59 Å². The van der Waals surface area contributed by atoms with Gasteiger partial charge in [0.2, 0.25) is 11.8 Å². The molecule has 0 saturated carbocycles. The van der Waals surface area contributed by atoms with Crippen molar-refractivity contribution in [3.8, 4) is 0 Å². The molecule has 2 rings (SSSR count). The molecule has 110 valence electrons. The highest BCUT2D eigenvalue weighted by Gasteiger charge is 2.46. The van der Waals surface area contributed by atoms with Gasteiger partial charge in [-0.2, -0.15) is 0 Å². The Bertz CT molecular complexity index is 496. The van der Waals surface area contributed by atoms with E-state index in [4.69, 9.17) is 0 Å². The summed E-state index contributed by atoms with van der Waals surface area (Å²) in [5.41, 5.74) is -0.821. The molecule has 2 amide bonds. The number of thiophene rings is 1. The number of piperazine rings is 1. The highest BCUT2D eigenvalue weighted by atomic mass is 32.1. The summed E-state index contributed by atoms with van der Waals surface area (Å²) in [6, 6.07) is 3.60. The van der Waals surface area contributed by atoms with E-state index >= 15 is 0 Å². The van der Waals surface area contributed by atoms with E-state index in [9.17, 15) is 9.59 Å². The van der Waals surface area contributed by atoms with Gasteiger partial charge in [0.25, 0.3) is 0 Å². The summed E-state index contributed by atoms with van der Waals surface area (Å²) in [5, 5.41) is 4.85. The normalized spacial score (nSPS) is 23.6. The van der Waals surface area contributed by atoms with E-state index in [1.165, 1.54) is 0 Å². The molecule has 20 heavy (non-hydrogen) atoms. The van der Waals surface area contributed by atoms with Crippen molar-refractivity contribution in [2.75, 3.05) is 0 Å². The lowest BCUT2D eigenvalue weighted by molar-refractivity contribution is -0.156. The molecular weight excluding hydrogens is 272 g/mol. The Hall–Kier alpha value is -1.36. The molecule has 1 saturated heterocycles. The largest absolute Gasteiger partial charge is 0.340 e. The molecule has 0 aromatic carbocycles. The first-order valence-corrected chi connectivity index (χ1v) is 7.90. The Morgan fingerprint density at radius 2 is 2.15 bits per heavy atom. The van der Waals surface area contributed by atoms with Gasteiger partial charge in [0, 0.05) is 4.88 Å². The first kappa shape index (κ1) is 15.0. The number of carbonyl (C=O) groups excluding carboxylic acids is 2. The summed E-state index contributed by atoms with van der Waals surface area (Å²) >= 11 is 1.62. The van der Waals surface area contributed by atoms with Crippen LogP contribution in [0.1, 0.15) is 39.0 Å². The molecule has 2 heterocycles. The van der Waals surface area contributed by atoms with Crippen molar-refractivity contribution in [2.24, 2.45) is 5.92 Å². The maximum Gasteiger partial charge on any atom is 0.248 e. The average molecular weight is 294 g/mol. The Morgan fingerprint density at radius 1 is 1.45 bits per heavy atom. The minimum atomic E-state index is -0.821. The third-order valence-electron chi connectivity index (χ3n) is 3.92. The van der Waals surface area contributed by atoms with Gasteiger partial charge in [0.1, 0.15) is 11.6 Å². The van der Waals surface area contributed by atoms with E-state index < -0.39 is 5.54 Å². The fourth-order valence-corrected chi connectivity index (χ4v) is 3.29. The van der Waals surface area contributed by atoms with Crippen LogP contribution in [-0.2, 0) is 16.1 Å². The molecule has 0 aliphatic carbocycles. The fourth-order valence-electron chi connectivity index (χ4n) is 2.59. The highest BCUT2D eigenvalue weighted by molar-refractivity contribution is 7.09. The molecule has 0 bridgehead atoms. The molecule has 2 unspecified atom stereocenters. The second-order valence-electron chi connectivity index (χ2n) is 5.96. The molecule has 4 nitrogen and oxygen atoms in total. The van der Waals surface area contributed by atoms with Crippen molar-refractivity contribution in [1.82, 2.24) is 10.2 Å². The number of hydrogen-bond acceptors (Lipinski definition) is 3. The van der Waals surface area contributed by atoms with Crippen LogP contribution in [0.5, 0.6) is 0 Å². The second-order valence-corrected chi connectivity index (χ2v) is 6.99. The van der Waals surface area contributed by atoms with Crippen LogP contribution >= 0.6 is 11.3 Å². The second kappa shape index (κ2) is 5.56. The summed E-state index contributed by atoms with van der Waals surface area (Å²) in [6.07, 6.45) is 0.868. The molecule has 1 aliphatic heterocycles. The zero-order valence-electron chi connectivity index (χ0n) is 12.5. The summed E-state index contributed by atoms with van der Waals surface area (Å²) in [5.74, 6) is 0.103. The molecule has 1 aromatic rings. The molecule has 1 N–H and O–H groups in total. The van der Waals surface area contributed by atoms with Crippen LogP contribution < -0.4 is 5.32 Å². The van der Waals surface area contributed by atoms with Crippen LogP contribution in [0.3, 0.4) is 0 Å². The van der Waals surface area contributed by atoms with Crippen LogP contribution in [0.2, 0.25) is 0 Å². The minimum absolute atomic E-state index is 0.00389. The summed E-state index contributed by atoms with van der Waals surface area (Å²) in [7, 11) is 0. The van der Waals surface area contributed by atoms with Gasteiger partial charge in [-0.05, 0) is 31.2 Å². The third kappa shape index (κ3) is 2.73. The average Bonchev–Trinajstić information content (AvgIpc) is 2.87. The van der Waals surface area contributed by atoms with Crippen molar-refractivity contribution in [3.63, 3.8) is 0 Å². The van der Waals surface area contributed by atoms with Crippen LogP contribution in [0.15, 0.2) is 17.5 Å². The smallest absolute Gasteiger partial charge is 0.248 e. The van der Waals surface area contributed by atoms with E-state index in [0.29, 0.717) is 6.54 Å². The van der Waals surface area contributed by atoms with Crippen molar-refractivity contribution in [2.45, 2.75) is 52.2 Å². The quantitative estimate of drug-likeness (QED) is 0.927. The maximum atomic E-state index is 12.7. The number of hydrogen-bond donors (Lipinski definition) is 1. The van der Waals surface area contributed by atoms with Crippen LogP contribution in [0.4, 0.5) is 0 Å². The summed E-state index contributed by atoms with van der Waals surface area (Å²) in [4.78, 5) is 27.9. The Labute approximate surface area is 124 Å². The van der Waals surface area contributed by atoms with Crippen LogP contribution in [0, 0.1) is 5.92 Å². The number of carbonyl (C=O) groups is 2. The fraction of sp³-hybridized carbons (Fsp3) is 0.600. The number of nitrogens with one attached hydrogen (secondary N) is 1. The predicted molar refractivity (Wildman–Crippen MR) is 80.3 cm³/mol. The van der Waals surface area contributed by atoms with E-state index in [2.05, 4.69) is 5.32 Å². The summed E-state index contributed by atoms with van der Waals surface area (Å²) < 4.78 is 0. The first-order chi connectivity index (χ1) is 9.36. The summed E-state index contributed by atoms with van der Waals surface area (Å²) in [6.45, 7) is 8.12. The predicted octanol–water partition coefficient (Wildman–Crippen LogP) is 2.40. The Balaban J connectivity index is 2.32. The van der Waals surface area contributed by atoms with Gasteiger partial charge >= 0.3 is 0 Å². The minimum Gasteiger partial charge on any atom is -0.340 e. The monoisotopic (exact) mass is 294 g/mol.